The predicted molar refractivity (Wildman–Crippen MR) is 287 cm³/mol. The second-order valence-electron chi connectivity index (χ2n) is 21.9. The van der Waals surface area contributed by atoms with E-state index in [1.807, 2.05) is 55.4 Å². The largest absolute Gasteiger partial charge is 0.317 e. The number of pyridine rings is 3. The average molecular weight is 910 g/mol. The Hall–Kier alpha value is -7.26. The first kappa shape index (κ1) is 45.5. The van der Waals surface area contributed by atoms with Crippen LogP contribution in [0.2, 0.25) is 0 Å². The van der Waals surface area contributed by atoms with Crippen LogP contribution in [0.5, 0.6) is 0 Å². The zero-order chi connectivity index (χ0) is 48.7. The van der Waals surface area contributed by atoms with Gasteiger partial charge in [-0.2, -0.15) is 0 Å². The van der Waals surface area contributed by atoms with Gasteiger partial charge in [0.25, 0.3) is 0 Å². The van der Waals surface area contributed by atoms with Crippen LogP contribution in [0.25, 0.3) is 33.4 Å². The summed E-state index contributed by atoms with van der Waals surface area (Å²) in [4.78, 5) is 38.0. The maximum Gasteiger partial charge on any atom is 0.136 e. The fourth-order valence-electron chi connectivity index (χ4n) is 9.90. The second-order valence-corrected chi connectivity index (χ2v) is 21.9. The maximum atomic E-state index is 5.36. The first-order chi connectivity index (χ1) is 32.7. The van der Waals surface area contributed by atoms with Gasteiger partial charge in [0.05, 0.1) is 68.9 Å². The van der Waals surface area contributed by atoms with E-state index in [-0.39, 0.29) is 33.2 Å². The van der Waals surface area contributed by atoms with Crippen molar-refractivity contribution in [1.82, 2.24) is 15.0 Å². The SMILES string of the molecule is CC1(C)N=C(c2ccccc2)N(c2cncc(-c3cc(-c4cncc(N5C(c6ccccc6)=NC(C)(C)C5(C)C)c4)cc(-c4cncc(N5C(c6ccccc6)=NC(C)(C)C5(C)C)c4)c3)c2)C1(C)C. The first-order valence-electron chi connectivity index (χ1n) is 24.1. The molecule has 7 aromatic rings. The predicted octanol–water partition coefficient (Wildman–Crippen LogP) is 13.3. The molecule has 0 atom stereocenters. The van der Waals surface area contributed by atoms with Crippen LogP contribution in [-0.4, -0.2) is 65.7 Å². The number of rotatable bonds is 9. The molecule has 348 valence electrons. The molecule has 10 rings (SSSR count). The molecule has 4 aromatic carbocycles. The summed E-state index contributed by atoms with van der Waals surface area (Å²) in [6.45, 7) is 26.9. The van der Waals surface area contributed by atoms with Crippen LogP contribution in [0.1, 0.15) is 99.8 Å². The standard InChI is InChI=1S/C60H63N9/c1-55(2)58(7,8)67(52(64-55)40-22-16-13-17-23-40)49-31-46(34-61-37-49)43-28-44(47-32-50(38-62-35-47)68-53(41-24-18-14-19-25-41)65-56(3,4)59(68,9)10)30-45(29-43)48-33-51(39-63-36-48)69-54(42-26-20-15-21-27-42)66-57(5,6)60(69,11)12/h13-39H,1-12H3. The number of amidine groups is 3. The number of anilines is 3. The number of aliphatic imine (C=N–C) groups is 3. The number of aromatic nitrogens is 3. The molecule has 0 N–H and O–H groups in total. The Balaban J connectivity index is 1.13. The van der Waals surface area contributed by atoms with Crippen molar-refractivity contribution in [1.29, 1.82) is 0 Å². The molecule has 0 aliphatic carbocycles. The second kappa shape index (κ2) is 16.2. The lowest BCUT2D eigenvalue weighted by Crippen LogP contribution is -2.53. The van der Waals surface area contributed by atoms with Gasteiger partial charge in [0.1, 0.15) is 17.5 Å². The summed E-state index contributed by atoms with van der Waals surface area (Å²) in [6, 6.07) is 45.0. The summed E-state index contributed by atoms with van der Waals surface area (Å²) in [5.74, 6) is 2.80. The monoisotopic (exact) mass is 910 g/mol. The van der Waals surface area contributed by atoms with Crippen molar-refractivity contribution in [2.24, 2.45) is 15.0 Å². The van der Waals surface area contributed by atoms with Crippen LogP contribution < -0.4 is 14.7 Å². The van der Waals surface area contributed by atoms with Crippen LogP contribution >= 0.6 is 0 Å². The van der Waals surface area contributed by atoms with E-state index < -0.39 is 0 Å². The third-order valence-electron chi connectivity index (χ3n) is 15.9. The van der Waals surface area contributed by atoms with Crippen LogP contribution in [0.4, 0.5) is 17.1 Å². The Morgan fingerprint density at radius 1 is 0.275 bits per heavy atom. The smallest absolute Gasteiger partial charge is 0.136 e. The highest BCUT2D eigenvalue weighted by molar-refractivity contribution is 6.15. The normalized spacial score (nSPS) is 19.3. The summed E-state index contributed by atoms with van der Waals surface area (Å²) >= 11 is 0. The van der Waals surface area contributed by atoms with Crippen molar-refractivity contribution in [3.63, 3.8) is 0 Å². The molecule has 3 aliphatic rings. The minimum Gasteiger partial charge on any atom is -0.317 e. The van der Waals surface area contributed by atoms with Crippen molar-refractivity contribution in [2.45, 2.75) is 116 Å². The van der Waals surface area contributed by atoms with E-state index >= 15 is 0 Å². The van der Waals surface area contributed by atoms with Gasteiger partial charge in [-0.25, -0.2) is 0 Å². The zero-order valence-electron chi connectivity index (χ0n) is 42.1. The number of hydrogen-bond acceptors (Lipinski definition) is 9. The van der Waals surface area contributed by atoms with E-state index in [4.69, 9.17) is 29.9 Å². The summed E-state index contributed by atoms with van der Waals surface area (Å²) < 4.78 is 0. The molecule has 0 unspecified atom stereocenters. The minimum absolute atomic E-state index is 0.358. The Kier molecular flexibility index (Phi) is 10.7. The molecule has 3 aromatic heterocycles. The Labute approximate surface area is 408 Å². The minimum atomic E-state index is -0.369. The molecule has 0 saturated heterocycles. The highest BCUT2D eigenvalue weighted by atomic mass is 15.4. The van der Waals surface area contributed by atoms with E-state index in [2.05, 4.69) is 207 Å². The third kappa shape index (κ3) is 7.54. The lowest BCUT2D eigenvalue weighted by atomic mass is 9.82. The number of benzene rings is 4. The van der Waals surface area contributed by atoms with Crippen LogP contribution in [0, 0.1) is 0 Å². The van der Waals surface area contributed by atoms with Gasteiger partial charge in [-0.1, -0.05) is 91.0 Å². The molecular formula is C60H63N9. The lowest BCUT2D eigenvalue weighted by Gasteiger charge is -2.41. The quantitative estimate of drug-likeness (QED) is 0.143. The summed E-state index contributed by atoms with van der Waals surface area (Å²) in [5.41, 5.74) is 9.97. The third-order valence-corrected chi connectivity index (χ3v) is 15.9. The molecule has 0 spiro atoms. The van der Waals surface area contributed by atoms with Crippen LogP contribution in [0.3, 0.4) is 0 Å². The maximum absolute atomic E-state index is 5.36. The molecule has 0 fully saturated rings. The average Bonchev–Trinajstić information content (AvgIpc) is 3.76. The molecule has 0 amide bonds. The summed E-state index contributed by atoms with van der Waals surface area (Å²) in [5, 5.41) is 0. The molecule has 9 nitrogen and oxygen atoms in total. The number of nitrogens with zero attached hydrogens (tertiary/aromatic N) is 9. The van der Waals surface area contributed by atoms with Gasteiger partial charge in [-0.15, -0.1) is 0 Å². The lowest BCUT2D eigenvalue weighted by molar-refractivity contribution is 0.338. The van der Waals surface area contributed by atoms with Crippen LogP contribution in [0.15, 0.2) is 180 Å². The van der Waals surface area contributed by atoms with Crippen LogP contribution in [-0.2, 0) is 0 Å². The van der Waals surface area contributed by atoms with Gasteiger partial charge in [0, 0.05) is 52.0 Å². The fraction of sp³-hybridized carbons (Fsp3) is 0.300. The molecule has 0 bridgehead atoms. The highest BCUT2D eigenvalue weighted by Gasteiger charge is 2.52. The van der Waals surface area contributed by atoms with Gasteiger partial charge in [0.15, 0.2) is 0 Å². The topological polar surface area (TPSA) is 85.5 Å². The molecule has 3 aliphatic heterocycles. The van der Waals surface area contributed by atoms with Crippen molar-refractivity contribution in [3.05, 3.63) is 181 Å². The fourth-order valence-corrected chi connectivity index (χ4v) is 9.90. The van der Waals surface area contributed by atoms with E-state index in [9.17, 15) is 0 Å². The van der Waals surface area contributed by atoms with Crippen molar-refractivity contribution < 1.29 is 0 Å². The Bertz CT molecular complexity index is 2830. The summed E-state index contributed by atoms with van der Waals surface area (Å²) in [6.07, 6.45) is 11.8. The number of hydrogen-bond donors (Lipinski definition) is 0. The van der Waals surface area contributed by atoms with Gasteiger partial charge in [-0.3, -0.25) is 29.9 Å². The molecule has 6 heterocycles. The first-order valence-corrected chi connectivity index (χ1v) is 24.1. The van der Waals surface area contributed by atoms with Gasteiger partial charge in [0.2, 0.25) is 0 Å². The Morgan fingerprint density at radius 3 is 0.768 bits per heavy atom. The van der Waals surface area contributed by atoms with Crippen molar-refractivity contribution >= 4 is 34.6 Å². The molecular weight excluding hydrogens is 847 g/mol. The van der Waals surface area contributed by atoms with Gasteiger partial charge in [-0.05, 0) is 136 Å². The summed E-state index contributed by atoms with van der Waals surface area (Å²) in [7, 11) is 0. The molecule has 0 radical (unpaired) electrons. The zero-order valence-corrected chi connectivity index (χ0v) is 42.1. The molecule has 69 heavy (non-hydrogen) atoms. The van der Waals surface area contributed by atoms with E-state index in [1.165, 1.54) is 0 Å². The Morgan fingerprint density at radius 2 is 0.522 bits per heavy atom. The molecule has 9 heteroatoms. The van der Waals surface area contributed by atoms with E-state index in [0.29, 0.717) is 0 Å². The van der Waals surface area contributed by atoms with Gasteiger partial charge < -0.3 is 14.7 Å². The van der Waals surface area contributed by atoms with Gasteiger partial charge >= 0.3 is 0 Å². The van der Waals surface area contributed by atoms with Crippen molar-refractivity contribution in [2.75, 3.05) is 14.7 Å². The highest BCUT2D eigenvalue weighted by Crippen LogP contribution is 2.47. The van der Waals surface area contributed by atoms with Crippen molar-refractivity contribution in [3.8, 4) is 33.4 Å². The van der Waals surface area contributed by atoms with E-state index in [1.54, 1.807) is 0 Å². The molecule has 0 saturated carbocycles. The van der Waals surface area contributed by atoms with E-state index in [0.717, 1.165) is 84.6 Å².